The van der Waals surface area contributed by atoms with Gasteiger partial charge in [0.05, 0.1) is 0 Å². The van der Waals surface area contributed by atoms with E-state index in [1.54, 1.807) is 11.8 Å². The molecule has 0 heterocycles. The van der Waals surface area contributed by atoms with Gasteiger partial charge in [0.15, 0.2) is 0 Å². The number of nitrogens with zero attached hydrogens (tertiary/aromatic N) is 1. The minimum Gasteiger partial charge on any atom is -0.345 e. The van der Waals surface area contributed by atoms with Crippen LogP contribution in [0, 0.1) is 5.41 Å². The van der Waals surface area contributed by atoms with E-state index >= 15 is 0 Å². The van der Waals surface area contributed by atoms with E-state index in [1.807, 2.05) is 7.05 Å². The highest BCUT2D eigenvalue weighted by atomic mass is 16.2. The predicted molar refractivity (Wildman–Crippen MR) is 50.8 cm³/mol. The number of carbonyl (C=O) groups is 1. The summed E-state index contributed by atoms with van der Waals surface area (Å²) >= 11 is 0. The Labute approximate surface area is 74.9 Å². The summed E-state index contributed by atoms with van der Waals surface area (Å²) in [5.41, 5.74) is 5.60. The van der Waals surface area contributed by atoms with E-state index in [0.29, 0.717) is 6.54 Å². The minimum absolute atomic E-state index is 0.111. The molecule has 12 heavy (non-hydrogen) atoms. The van der Waals surface area contributed by atoms with Crippen LogP contribution in [0.15, 0.2) is 0 Å². The van der Waals surface area contributed by atoms with Gasteiger partial charge in [-0.05, 0) is 18.4 Å². The lowest BCUT2D eigenvalue weighted by atomic mass is 9.89. The second-order valence-corrected chi connectivity index (χ2v) is 4.08. The molecular weight excluding hydrogens is 152 g/mol. The summed E-state index contributed by atoms with van der Waals surface area (Å²) in [4.78, 5) is 12.7. The smallest absolute Gasteiger partial charge is 0.219 e. The van der Waals surface area contributed by atoms with E-state index < -0.39 is 0 Å². The van der Waals surface area contributed by atoms with Crippen molar-refractivity contribution in [2.24, 2.45) is 11.1 Å². The maximum Gasteiger partial charge on any atom is 0.219 e. The maximum absolute atomic E-state index is 10.9. The quantitative estimate of drug-likeness (QED) is 0.683. The van der Waals surface area contributed by atoms with Crippen molar-refractivity contribution in [1.29, 1.82) is 0 Å². The van der Waals surface area contributed by atoms with Crippen LogP contribution in [0.2, 0.25) is 0 Å². The van der Waals surface area contributed by atoms with Crippen LogP contribution in [0.4, 0.5) is 0 Å². The zero-order chi connectivity index (χ0) is 9.78. The Bertz CT molecular complexity index is 155. The summed E-state index contributed by atoms with van der Waals surface area (Å²) in [6, 6.07) is 0. The zero-order valence-electron chi connectivity index (χ0n) is 8.55. The van der Waals surface area contributed by atoms with E-state index in [9.17, 15) is 4.79 Å². The molecule has 72 valence electrons. The van der Waals surface area contributed by atoms with E-state index in [0.717, 1.165) is 13.0 Å². The van der Waals surface area contributed by atoms with Gasteiger partial charge in [-0.2, -0.15) is 0 Å². The number of hydrogen-bond donors (Lipinski definition) is 1. The van der Waals surface area contributed by atoms with Crippen molar-refractivity contribution in [3.63, 3.8) is 0 Å². The normalized spacial score (nSPS) is 11.4. The van der Waals surface area contributed by atoms with Crippen LogP contribution in [0.3, 0.4) is 0 Å². The lowest BCUT2D eigenvalue weighted by Crippen LogP contribution is -2.35. The molecule has 0 rings (SSSR count). The molecule has 0 aromatic heterocycles. The summed E-state index contributed by atoms with van der Waals surface area (Å²) in [6.45, 7) is 7.29. The van der Waals surface area contributed by atoms with E-state index in [2.05, 4.69) is 13.8 Å². The van der Waals surface area contributed by atoms with Crippen LogP contribution in [0.5, 0.6) is 0 Å². The third-order valence-corrected chi connectivity index (χ3v) is 2.02. The molecular formula is C9H20N2O. The molecule has 0 fully saturated rings. The summed E-state index contributed by atoms with van der Waals surface area (Å²) in [5, 5.41) is 0. The molecule has 3 nitrogen and oxygen atoms in total. The van der Waals surface area contributed by atoms with Gasteiger partial charge >= 0.3 is 0 Å². The number of rotatable bonds is 4. The molecule has 0 unspecified atom stereocenters. The highest BCUT2D eigenvalue weighted by molar-refractivity contribution is 5.72. The molecule has 0 saturated carbocycles. The average Bonchev–Trinajstić information content (AvgIpc) is 1.85. The fraction of sp³-hybridized carbons (Fsp3) is 0.889. The molecule has 2 N–H and O–H groups in total. The van der Waals surface area contributed by atoms with E-state index in [-0.39, 0.29) is 11.3 Å². The van der Waals surface area contributed by atoms with Crippen molar-refractivity contribution in [1.82, 2.24) is 4.90 Å². The summed E-state index contributed by atoms with van der Waals surface area (Å²) in [7, 11) is 1.82. The van der Waals surface area contributed by atoms with Crippen LogP contribution < -0.4 is 5.73 Å². The molecule has 0 aromatic rings. The van der Waals surface area contributed by atoms with Gasteiger partial charge in [0.2, 0.25) is 5.91 Å². The molecule has 0 aliphatic rings. The van der Waals surface area contributed by atoms with Crippen LogP contribution >= 0.6 is 0 Å². The third kappa shape index (κ3) is 4.34. The molecule has 1 amide bonds. The minimum atomic E-state index is 0.111. The second-order valence-electron chi connectivity index (χ2n) is 4.08. The van der Waals surface area contributed by atoms with Crippen LogP contribution in [-0.4, -0.2) is 30.9 Å². The highest BCUT2D eigenvalue weighted by Crippen LogP contribution is 2.20. The van der Waals surface area contributed by atoms with Gasteiger partial charge in [-0.25, -0.2) is 0 Å². The lowest BCUT2D eigenvalue weighted by Gasteiger charge is -2.29. The van der Waals surface area contributed by atoms with E-state index in [1.165, 1.54) is 0 Å². The van der Waals surface area contributed by atoms with Crippen LogP contribution in [0.1, 0.15) is 27.2 Å². The predicted octanol–water partition coefficient (Wildman–Crippen LogP) is 0.840. The Morgan fingerprint density at radius 1 is 1.50 bits per heavy atom. The first-order chi connectivity index (χ1) is 5.39. The summed E-state index contributed by atoms with van der Waals surface area (Å²) in [5.74, 6) is 0.111. The molecule has 0 aliphatic carbocycles. The highest BCUT2D eigenvalue weighted by Gasteiger charge is 2.19. The third-order valence-electron chi connectivity index (χ3n) is 2.02. The Morgan fingerprint density at radius 2 is 2.00 bits per heavy atom. The Hall–Kier alpha value is -0.570. The summed E-state index contributed by atoms with van der Waals surface area (Å²) < 4.78 is 0. The molecule has 0 bridgehead atoms. The van der Waals surface area contributed by atoms with Crippen molar-refractivity contribution in [3.05, 3.63) is 0 Å². The number of amides is 1. The van der Waals surface area contributed by atoms with Crippen molar-refractivity contribution in [2.45, 2.75) is 27.2 Å². The van der Waals surface area contributed by atoms with Crippen molar-refractivity contribution >= 4 is 5.91 Å². The molecule has 0 radical (unpaired) electrons. The van der Waals surface area contributed by atoms with Crippen molar-refractivity contribution in [3.8, 4) is 0 Å². The maximum atomic E-state index is 10.9. The van der Waals surface area contributed by atoms with Gasteiger partial charge in [0, 0.05) is 20.5 Å². The Kier molecular flexibility index (Phi) is 4.24. The summed E-state index contributed by atoms with van der Waals surface area (Å²) in [6.07, 6.45) is 0.949. The molecule has 0 atom stereocenters. The van der Waals surface area contributed by atoms with Crippen LogP contribution in [-0.2, 0) is 4.79 Å². The fourth-order valence-electron chi connectivity index (χ4n) is 1.22. The zero-order valence-corrected chi connectivity index (χ0v) is 8.55. The van der Waals surface area contributed by atoms with Crippen molar-refractivity contribution < 1.29 is 4.79 Å². The molecule has 0 aromatic carbocycles. The molecule has 0 aliphatic heterocycles. The van der Waals surface area contributed by atoms with Crippen molar-refractivity contribution in [2.75, 3.05) is 20.1 Å². The second kappa shape index (κ2) is 4.45. The number of carbonyl (C=O) groups excluding carboxylic acids is 1. The van der Waals surface area contributed by atoms with Crippen LogP contribution in [0.25, 0.3) is 0 Å². The van der Waals surface area contributed by atoms with E-state index in [4.69, 9.17) is 5.73 Å². The van der Waals surface area contributed by atoms with Gasteiger partial charge < -0.3 is 10.6 Å². The SMILES string of the molecule is CC(=O)N(C)CC(C)(C)CCN. The number of nitrogens with two attached hydrogens (primary N) is 1. The van der Waals surface area contributed by atoms with Gasteiger partial charge in [-0.15, -0.1) is 0 Å². The first-order valence-electron chi connectivity index (χ1n) is 4.31. The monoisotopic (exact) mass is 172 g/mol. The first-order valence-corrected chi connectivity index (χ1v) is 4.31. The average molecular weight is 172 g/mol. The lowest BCUT2D eigenvalue weighted by molar-refractivity contribution is -0.128. The Morgan fingerprint density at radius 3 is 2.33 bits per heavy atom. The topological polar surface area (TPSA) is 46.3 Å². The van der Waals surface area contributed by atoms with Gasteiger partial charge in [-0.1, -0.05) is 13.8 Å². The standard InChI is InChI=1S/C9H20N2O/c1-8(12)11(4)7-9(2,3)5-6-10/h5-7,10H2,1-4H3. The molecule has 3 heteroatoms. The van der Waals surface area contributed by atoms with Gasteiger partial charge in [-0.3, -0.25) is 4.79 Å². The van der Waals surface area contributed by atoms with Gasteiger partial charge in [0.25, 0.3) is 0 Å². The Balaban J connectivity index is 3.95. The molecule has 0 spiro atoms. The first kappa shape index (κ1) is 11.4. The van der Waals surface area contributed by atoms with Gasteiger partial charge in [0.1, 0.15) is 0 Å². The fourth-order valence-corrected chi connectivity index (χ4v) is 1.22. The molecule has 0 saturated heterocycles. The number of hydrogen-bond acceptors (Lipinski definition) is 2. The largest absolute Gasteiger partial charge is 0.345 e.